The number of anilines is 3. The standard InChI is InChI=1S/C64H42N2O/c1-3-17-43(18-4-1)51-28-14-19-45-20-15-30-56(63(45)51)53-25-7-10-32-59(53)65(50-24-13-21-46(41-50)47-37-40-62-58(42-47)55-27-9-12-34-61(55)67-62)49-38-35-44(36-39-49)52-29-16-31-57-54-26-8-11-33-60(54)66(64(52)57)48-22-5-2-6-23-48/h1-42H. The average Bonchev–Trinajstić information content (AvgIpc) is 3.95. The van der Waals surface area contributed by atoms with Gasteiger partial charge in [0.2, 0.25) is 0 Å². The predicted octanol–water partition coefficient (Wildman–Crippen LogP) is 18.0. The smallest absolute Gasteiger partial charge is 0.135 e. The lowest BCUT2D eigenvalue weighted by Crippen LogP contribution is -2.11. The average molecular weight is 855 g/mol. The van der Waals surface area contributed by atoms with E-state index in [0.29, 0.717) is 0 Å². The van der Waals surface area contributed by atoms with Crippen LogP contribution in [0.25, 0.3) is 105 Å². The van der Waals surface area contributed by atoms with Crippen molar-refractivity contribution in [1.29, 1.82) is 0 Å². The van der Waals surface area contributed by atoms with Gasteiger partial charge in [-0.2, -0.15) is 0 Å². The number of para-hydroxylation sites is 5. The molecule has 0 radical (unpaired) electrons. The van der Waals surface area contributed by atoms with E-state index in [4.69, 9.17) is 4.42 Å². The molecular weight excluding hydrogens is 813 g/mol. The van der Waals surface area contributed by atoms with Crippen LogP contribution in [-0.2, 0) is 0 Å². The minimum absolute atomic E-state index is 0.890. The molecule has 2 aromatic heterocycles. The molecule has 3 nitrogen and oxygen atoms in total. The van der Waals surface area contributed by atoms with Gasteiger partial charge in [-0.1, -0.05) is 188 Å². The van der Waals surface area contributed by atoms with Gasteiger partial charge in [0.25, 0.3) is 0 Å². The highest BCUT2D eigenvalue weighted by Gasteiger charge is 2.22. The summed E-state index contributed by atoms with van der Waals surface area (Å²) in [6.07, 6.45) is 0. The summed E-state index contributed by atoms with van der Waals surface area (Å²) in [5.74, 6) is 0. The summed E-state index contributed by atoms with van der Waals surface area (Å²) in [7, 11) is 0. The summed E-state index contributed by atoms with van der Waals surface area (Å²) >= 11 is 0. The zero-order chi connectivity index (χ0) is 44.3. The Kier molecular flexibility index (Phi) is 9.17. The van der Waals surface area contributed by atoms with Gasteiger partial charge in [-0.15, -0.1) is 0 Å². The van der Waals surface area contributed by atoms with Crippen LogP contribution in [0.2, 0.25) is 0 Å². The fraction of sp³-hybridized carbons (Fsp3) is 0. The molecule has 0 atom stereocenters. The molecule has 0 amide bonds. The van der Waals surface area contributed by atoms with Gasteiger partial charge < -0.3 is 13.9 Å². The Morgan fingerprint density at radius 3 is 1.76 bits per heavy atom. The zero-order valence-corrected chi connectivity index (χ0v) is 36.6. The topological polar surface area (TPSA) is 21.3 Å². The third-order valence-electron chi connectivity index (χ3n) is 13.4. The summed E-state index contributed by atoms with van der Waals surface area (Å²) in [5.41, 5.74) is 17.9. The van der Waals surface area contributed by atoms with Gasteiger partial charge in [0, 0.05) is 49.7 Å². The van der Waals surface area contributed by atoms with E-state index in [1.54, 1.807) is 0 Å². The monoisotopic (exact) mass is 854 g/mol. The molecular formula is C64H42N2O. The number of hydrogen-bond donors (Lipinski definition) is 0. The minimum Gasteiger partial charge on any atom is -0.456 e. The fourth-order valence-electron chi connectivity index (χ4n) is 10.4. The summed E-state index contributed by atoms with van der Waals surface area (Å²) in [5, 5.41) is 7.15. The Bertz CT molecular complexity index is 3970. The second-order valence-corrected chi connectivity index (χ2v) is 17.2. The van der Waals surface area contributed by atoms with Crippen molar-refractivity contribution in [3.05, 3.63) is 255 Å². The lowest BCUT2D eigenvalue weighted by atomic mass is 9.90. The van der Waals surface area contributed by atoms with Crippen molar-refractivity contribution in [2.24, 2.45) is 0 Å². The van der Waals surface area contributed by atoms with Crippen LogP contribution in [0.5, 0.6) is 0 Å². The molecule has 314 valence electrons. The molecule has 67 heavy (non-hydrogen) atoms. The predicted molar refractivity (Wildman–Crippen MR) is 282 cm³/mol. The molecule has 2 heterocycles. The van der Waals surface area contributed by atoms with Gasteiger partial charge in [-0.3, -0.25) is 0 Å². The van der Waals surface area contributed by atoms with Crippen LogP contribution in [0.3, 0.4) is 0 Å². The van der Waals surface area contributed by atoms with Gasteiger partial charge in [0.05, 0.1) is 16.7 Å². The van der Waals surface area contributed by atoms with Crippen molar-refractivity contribution in [3.63, 3.8) is 0 Å². The van der Waals surface area contributed by atoms with E-state index in [1.807, 2.05) is 12.1 Å². The molecule has 0 aliphatic heterocycles. The van der Waals surface area contributed by atoms with E-state index in [0.717, 1.165) is 66.9 Å². The van der Waals surface area contributed by atoms with E-state index in [-0.39, 0.29) is 0 Å². The third-order valence-corrected chi connectivity index (χ3v) is 13.4. The van der Waals surface area contributed by atoms with Crippen LogP contribution in [-0.4, -0.2) is 4.57 Å². The van der Waals surface area contributed by atoms with Crippen LogP contribution in [0.4, 0.5) is 17.1 Å². The molecule has 0 saturated heterocycles. The molecule has 0 aliphatic carbocycles. The molecule has 0 N–H and O–H groups in total. The normalized spacial score (nSPS) is 11.6. The molecule has 3 heteroatoms. The highest BCUT2D eigenvalue weighted by atomic mass is 16.3. The first kappa shape index (κ1) is 38.5. The van der Waals surface area contributed by atoms with Gasteiger partial charge in [0.15, 0.2) is 0 Å². The van der Waals surface area contributed by atoms with E-state index in [1.165, 1.54) is 54.8 Å². The summed E-state index contributed by atoms with van der Waals surface area (Å²) < 4.78 is 8.66. The van der Waals surface area contributed by atoms with E-state index in [9.17, 15) is 0 Å². The van der Waals surface area contributed by atoms with Crippen molar-refractivity contribution in [3.8, 4) is 50.2 Å². The van der Waals surface area contributed by atoms with Gasteiger partial charge in [-0.05, 0) is 111 Å². The second kappa shape index (κ2) is 16.0. The van der Waals surface area contributed by atoms with Gasteiger partial charge in [0.1, 0.15) is 11.2 Å². The first-order chi connectivity index (χ1) is 33.2. The number of furan rings is 1. The summed E-state index contributed by atoms with van der Waals surface area (Å²) in [6.45, 7) is 0. The maximum atomic E-state index is 6.24. The van der Waals surface area contributed by atoms with E-state index in [2.05, 4.69) is 252 Å². The number of aromatic nitrogens is 1. The maximum Gasteiger partial charge on any atom is 0.135 e. The van der Waals surface area contributed by atoms with E-state index < -0.39 is 0 Å². The SMILES string of the molecule is c1ccc(-c2cccc3cccc(-c4ccccc4N(c4ccc(-c5cccc6c7ccccc7n(-c7ccccc7)c56)cc4)c4cccc(-c5ccc6oc7ccccc7c6c5)c4)c23)cc1. The van der Waals surface area contributed by atoms with Crippen molar-refractivity contribution in [1.82, 2.24) is 4.57 Å². The number of hydrogen-bond acceptors (Lipinski definition) is 2. The second-order valence-electron chi connectivity index (χ2n) is 17.2. The highest BCUT2D eigenvalue weighted by molar-refractivity contribution is 6.14. The largest absolute Gasteiger partial charge is 0.456 e. The molecule has 0 fully saturated rings. The molecule has 0 unspecified atom stereocenters. The third kappa shape index (κ3) is 6.51. The van der Waals surface area contributed by atoms with Crippen LogP contribution < -0.4 is 4.90 Å². The first-order valence-corrected chi connectivity index (χ1v) is 22.9. The lowest BCUT2D eigenvalue weighted by Gasteiger charge is -2.29. The Balaban J connectivity index is 1.01. The molecule has 11 aromatic carbocycles. The van der Waals surface area contributed by atoms with Gasteiger partial charge in [-0.25, -0.2) is 0 Å². The number of fused-ring (bicyclic) bond motifs is 7. The van der Waals surface area contributed by atoms with E-state index >= 15 is 0 Å². The Labute approximate surface area is 388 Å². The minimum atomic E-state index is 0.890. The fourth-order valence-corrected chi connectivity index (χ4v) is 10.4. The molecule has 0 spiro atoms. The van der Waals surface area contributed by atoms with Crippen LogP contribution in [0.15, 0.2) is 259 Å². The highest BCUT2D eigenvalue weighted by Crippen LogP contribution is 2.46. The summed E-state index contributed by atoms with van der Waals surface area (Å²) in [6, 6.07) is 92.1. The number of rotatable bonds is 8. The molecule has 0 bridgehead atoms. The number of benzene rings is 11. The molecule has 0 aliphatic rings. The van der Waals surface area contributed by atoms with Crippen LogP contribution >= 0.6 is 0 Å². The van der Waals surface area contributed by atoms with Crippen molar-refractivity contribution in [2.45, 2.75) is 0 Å². The number of nitrogens with zero attached hydrogens (tertiary/aromatic N) is 2. The van der Waals surface area contributed by atoms with Crippen molar-refractivity contribution >= 4 is 71.6 Å². The zero-order valence-electron chi connectivity index (χ0n) is 36.6. The maximum absolute atomic E-state index is 6.24. The molecule has 13 aromatic rings. The van der Waals surface area contributed by atoms with Gasteiger partial charge >= 0.3 is 0 Å². The molecule has 13 rings (SSSR count). The quantitative estimate of drug-likeness (QED) is 0.152. The molecule has 0 saturated carbocycles. The summed E-state index contributed by atoms with van der Waals surface area (Å²) in [4.78, 5) is 2.43. The van der Waals surface area contributed by atoms with Crippen molar-refractivity contribution in [2.75, 3.05) is 4.90 Å². The first-order valence-electron chi connectivity index (χ1n) is 22.9. The Morgan fingerprint density at radius 2 is 0.910 bits per heavy atom. The Hall–Kier alpha value is -8.92. The van der Waals surface area contributed by atoms with Crippen LogP contribution in [0, 0.1) is 0 Å². The van der Waals surface area contributed by atoms with Crippen molar-refractivity contribution < 1.29 is 4.42 Å². The Morgan fingerprint density at radius 1 is 0.328 bits per heavy atom. The lowest BCUT2D eigenvalue weighted by molar-refractivity contribution is 0.669. The van der Waals surface area contributed by atoms with Crippen LogP contribution in [0.1, 0.15) is 0 Å².